The third kappa shape index (κ3) is 3.94. The first-order valence-corrected chi connectivity index (χ1v) is 3.83. The van der Waals surface area contributed by atoms with Crippen molar-refractivity contribution in [2.45, 2.75) is 13.3 Å². The Bertz CT molecular complexity index is 200. The maximum absolute atomic E-state index is 10.2. The first-order valence-electron chi connectivity index (χ1n) is 2.42. The molecule has 0 atom stereocenters. The number of hydrogen-bond acceptors (Lipinski definition) is 4. The van der Waals surface area contributed by atoms with Crippen LogP contribution >= 0.6 is 0 Å². The van der Waals surface area contributed by atoms with Crippen molar-refractivity contribution in [2.24, 2.45) is 0 Å². The predicted molar refractivity (Wildman–Crippen MR) is 30.8 cm³/mol. The molecule has 0 rings (SSSR count). The van der Waals surface area contributed by atoms with Crippen LogP contribution in [-0.4, -0.2) is 15.0 Å². The molecule has 0 saturated carbocycles. The van der Waals surface area contributed by atoms with Crippen LogP contribution in [0.2, 0.25) is 0 Å². The van der Waals surface area contributed by atoms with Crippen LogP contribution in [0.1, 0.15) is 13.3 Å². The molecule has 0 aromatic carbocycles. The average Bonchev–Trinajstić information content (AvgIpc) is 1.84. The Labute approximate surface area is 54.2 Å². The average molecular weight is 149 g/mol. The van der Waals surface area contributed by atoms with Crippen molar-refractivity contribution in [3.8, 4) is 5.40 Å². The minimum absolute atomic E-state index is 0.0793. The molecule has 0 bridgehead atoms. The molecule has 0 unspecified atom stereocenters. The van der Waals surface area contributed by atoms with E-state index < -0.39 is 10.1 Å². The zero-order valence-electron chi connectivity index (χ0n) is 4.99. The van der Waals surface area contributed by atoms with Crippen molar-refractivity contribution in [3.63, 3.8) is 0 Å². The topological polar surface area (TPSA) is 67.2 Å². The number of nitrogens with zero attached hydrogens (tertiary/aromatic N) is 1. The molecule has 0 aromatic heterocycles. The van der Waals surface area contributed by atoms with E-state index in [2.05, 4.69) is 4.18 Å². The summed E-state index contributed by atoms with van der Waals surface area (Å²) in [7, 11) is -3.88. The van der Waals surface area contributed by atoms with Gasteiger partial charge in [0.15, 0.2) is 0 Å². The maximum Gasteiger partial charge on any atom is 0.362 e. The summed E-state index contributed by atoms with van der Waals surface area (Å²) in [5.41, 5.74) is 0. The van der Waals surface area contributed by atoms with Crippen LogP contribution in [0.3, 0.4) is 0 Å². The fraction of sp³-hybridized carbons (Fsp3) is 0.750. The lowest BCUT2D eigenvalue weighted by Gasteiger charge is -1.91. The summed E-state index contributed by atoms with van der Waals surface area (Å²) < 4.78 is 24.5. The fourth-order valence-corrected chi connectivity index (χ4v) is 0.658. The summed E-state index contributed by atoms with van der Waals surface area (Å²) in [6.07, 6.45) is 0.584. The minimum Gasteiger partial charge on any atom is -0.259 e. The highest BCUT2D eigenvalue weighted by Crippen LogP contribution is 1.90. The van der Waals surface area contributed by atoms with Crippen molar-refractivity contribution in [1.29, 1.82) is 5.26 Å². The molecule has 0 radical (unpaired) electrons. The van der Waals surface area contributed by atoms with Gasteiger partial charge in [-0.05, 0) is 6.42 Å². The van der Waals surface area contributed by atoms with E-state index in [4.69, 9.17) is 5.26 Å². The molecule has 4 nitrogen and oxygen atoms in total. The van der Waals surface area contributed by atoms with Crippen molar-refractivity contribution in [3.05, 3.63) is 0 Å². The van der Waals surface area contributed by atoms with Crippen molar-refractivity contribution >= 4 is 10.1 Å². The second-order valence-corrected chi connectivity index (χ2v) is 2.69. The highest BCUT2D eigenvalue weighted by Gasteiger charge is 2.05. The Morgan fingerprint density at radius 2 is 2.22 bits per heavy atom. The molecule has 0 amide bonds. The smallest absolute Gasteiger partial charge is 0.259 e. The third-order valence-corrected chi connectivity index (χ3v) is 1.25. The Morgan fingerprint density at radius 3 is 2.56 bits per heavy atom. The van der Waals surface area contributed by atoms with Crippen molar-refractivity contribution < 1.29 is 12.6 Å². The van der Waals surface area contributed by atoms with Crippen LogP contribution < -0.4 is 0 Å². The molecule has 5 heteroatoms. The van der Waals surface area contributed by atoms with E-state index in [1.807, 2.05) is 0 Å². The van der Waals surface area contributed by atoms with Crippen molar-refractivity contribution in [1.82, 2.24) is 0 Å². The van der Waals surface area contributed by atoms with Crippen molar-refractivity contribution in [2.75, 3.05) is 6.61 Å². The Hall–Kier alpha value is -0.600. The lowest BCUT2D eigenvalue weighted by atomic mass is 10.5. The Morgan fingerprint density at radius 1 is 1.67 bits per heavy atom. The van der Waals surface area contributed by atoms with Gasteiger partial charge in [0.25, 0.3) is 0 Å². The summed E-state index contributed by atoms with van der Waals surface area (Å²) in [5, 5.41) is 8.88. The van der Waals surface area contributed by atoms with Crippen LogP contribution in [0.15, 0.2) is 0 Å². The standard InChI is InChI=1S/C4H7NO3S/c1-2-3-8-9(6,7)4-5/h2-3H2,1H3. The maximum atomic E-state index is 10.2. The van der Waals surface area contributed by atoms with Gasteiger partial charge in [0, 0.05) is 0 Å². The molecular formula is C4H7NO3S. The minimum atomic E-state index is -3.88. The Kier molecular flexibility index (Phi) is 3.20. The lowest BCUT2D eigenvalue weighted by molar-refractivity contribution is 0.325. The molecule has 52 valence electrons. The summed E-state index contributed by atoms with van der Waals surface area (Å²) in [5.74, 6) is 0. The van der Waals surface area contributed by atoms with Gasteiger partial charge in [0.2, 0.25) is 5.40 Å². The van der Waals surface area contributed by atoms with Crippen LogP contribution in [-0.2, 0) is 14.3 Å². The molecule has 0 aliphatic rings. The molecule has 0 saturated heterocycles. The molecule has 0 aliphatic heterocycles. The van der Waals surface area contributed by atoms with E-state index >= 15 is 0 Å². The van der Waals surface area contributed by atoms with E-state index in [0.29, 0.717) is 6.42 Å². The largest absolute Gasteiger partial charge is 0.362 e. The molecule has 9 heavy (non-hydrogen) atoms. The van der Waals surface area contributed by atoms with Gasteiger partial charge in [-0.15, -0.1) is 0 Å². The van der Waals surface area contributed by atoms with Gasteiger partial charge in [-0.25, -0.2) is 0 Å². The molecule has 0 N–H and O–H groups in total. The molecular weight excluding hydrogens is 142 g/mol. The lowest BCUT2D eigenvalue weighted by Crippen LogP contribution is -2.02. The first-order chi connectivity index (χ1) is 4.12. The van der Waals surface area contributed by atoms with Gasteiger partial charge >= 0.3 is 10.1 Å². The fourth-order valence-electron chi connectivity index (χ4n) is 0.219. The quantitative estimate of drug-likeness (QED) is 0.327. The highest BCUT2D eigenvalue weighted by atomic mass is 32.2. The molecule has 0 fully saturated rings. The number of rotatable bonds is 3. The molecule has 0 heterocycles. The van der Waals surface area contributed by atoms with E-state index in [9.17, 15) is 8.42 Å². The summed E-state index contributed by atoms with van der Waals surface area (Å²) in [6.45, 7) is 1.84. The van der Waals surface area contributed by atoms with E-state index in [1.54, 1.807) is 6.92 Å². The number of nitriles is 1. The van der Waals surface area contributed by atoms with Gasteiger partial charge in [-0.1, -0.05) is 6.92 Å². The van der Waals surface area contributed by atoms with Crippen LogP contribution in [0.5, 0.6) is 0 Å². The summed E-state index contributed by atoms with van der Waals surface area (Å²) in [6, 6.07) is 0. The highest BCUT2D eigenvalue weighted by molar-refractivity contribution is 7.91. The zero-order chi connectivity index (χ0) is 7.33. The van der Waals surface area contributed by atoms with Gasteiger partial charge in [-0.2, -0.15) is 13.7 Å². The normalized spacial score (nSPS) is 10.7. The summed E-state index contributed by atoms with van der Waals surface area (Å²) >= 11 is 0. The van der Waals surface area contributed by atoms with Crippen LogP contribution in [0, 0.1) is 10.7 Å². The number of thiocyanates is 1. The molecule has 0 spiro atoms. The van der Waals surface area contributed by atoms with Gasteiger partial charge < -0.3 is 0 Å². The van der Waals surface area contributed by atoms with E-state index in [0.717, 1.165) is 5.40 Å². The zero-order valence-corrected chi connectivity index (χ0v) is 5.81. The molecule has 0 aromatic rings. The number of hydrogen-bond donors (Lipinski definition) is 0. The SMILES string of the molecule is CCCOS(=O)(=O)C#N. The molecule has 0 aliphatic carbocycles. The monoisotopic (exact) mass is 149 g/mol. The van der Waals surface area contributed by atoms with Gasteiger partial charge in [-0.3, -0.25) is 4.18 Å². The van der Waals surface area contributed by atoms with Gasteiger partial charge in [0.1, 0.15) is 0 Å². The first kappa shape index (κ1) is 8.40. The predicted octanol–water partition coefficient (Wildman–Crippen LogP) is 0.224. The third-order valence-electron chi connectivity index (χ3n) is 0.554. The second-order valence-electron chi connectivity index (χ2n) is 1.37. The van der Waals surface area contributed by atoms with E-state index in [1.165, 1.54) is 0 Å². The van der Waals surface area contributed by atoms with Crippen LogP contribution in [0.4, 0.5) is 0 Å². The Balaban J connectivity index is 3.80. The van der Waals surface area contributed by atoms with Crippen LogP contribution in [0.25, 0.3) is 0 Å². The van der Waals surface area contributed by atoms with Gasteiger partial charge in [0.05, 0.1) is 6.61 Å². The van der Waals surface area contributed by atoms with E-state index in [-0.39, 0.29) is 6.61 Å². The second kappa shape index (κ2) is 3.43. The summed E-state index contributed by atoms with van der Waals surface area (Å²) in [4.78, 5) is 0.